The summed E-state index contributed by atoms with van der Waals surface area (Å²) < 4.78 is 2.24. The molecule has 0 saturated carbocycles. The fourth-order valence-electron chi connectivity index (χ4n) is 4.26. The Balaban J connectivity index is 1.89. The van der Waals surface area contributed by atoms with E-state index in [1.54, 1.807) is 0 Å². The van der Waals surface area contributed by atoms with Crippen LogP contribution in [0.1, 0.15) is 28.7 Å². The molecular weight excluding hydrogens is 304 g/mol. The van der Waals surface area contributed by atoms with Crippen molar-refractivity contribution in [3.8, 4) is 11.1 Å². The molecule has 0 amide bonds. The number of nitrogens with zero attached hydrogens (tertiary/aromatic N) is 2. The Morgan fingerprint density at radius 3 is 2.72 bits per heavy atom. The van der Waals surface area contributed by atoms with Gasteiger partial charge in [-0.1, -0.05) is 36.4 Å². The van der Waals surface area contributed by atoms with E-state index in [1.165, 1.54) is 44.3 Å². The van der Waals surface area contributed by atoms with Gasteiger partial charge in [0, 0.05) is 23.3 Å². The molecule has 2 aromatic carbocycles. The number of allylic oxidation sites excluding steroid dienone is 1. The second-order valence-corrected chi connectivity index (χ2v) is 6.95. The number of pyridine rings is 1. The highest BCUT2D eigenvalue weighted by molar-refractivity contribution is 5.96. The normalized spacial score (nSPS) is 13.5. The van der Waals surface area contributed by atoms with Crippen LogP contribution in [-0.4, -0.2) is 9.38 Å². The molecule has 5 rings (SSSR count). The Morgan fingerprint density at radius 1 is 1.04 bits per heavy atom. The van der Waals surface area contributed by atoms with E-state index in [0.717, 1.165) is 18.5 Å². The molecule has 122 valence electrons. The molecule has 0 saturated heterocycles. The first kappa shape index (κ1) is 14.5. The summed E-state index contributed by atoms with van der Waals surface area (Å²) in [6, 6.07) is 13.4. The van der Waals surface area contributed by atoms with Gasteiger partial charge in [0.05, 0.1) is 5.52 Å². The molecular formula is C23H20N2. The van der Waals surface area contributed by atoms with Crippen molar-refractivity contribution in [2.45, 2.75) is 26.7 Å². The molecule has 2 heterocycles. The molecule has 0 unspecified atom stereocenters. The number of hydrogen-bond acceptors (Lipinski definition) is 1. The topological polar surface area (TPSA) is 17.3 Å². The van der Waals surface area contributed by atoms with E-state index < -0.39 is 0 Å². The summed E-state index contributed by atoms with van der Waals surface area (Å²) in [6.07, 6.45) is 10.7. The first-order chi connectivity index (χ1) is 12.2. The summed E-state index contributed by atoms with van der Waals surface area (Å²) in [7, 11) is 0. The zero-order valence-electron chi connectivity index (χ0n) is 14.6. The lowest BCUT2D eigenvalue weighted by molar-refractivity contribution is 0.982. The van der Waals surface area contributed by atoms with E-state index in [9.17, 15) is 0 Å². The standard InChI is InChI=1S/C23H20N2/c1-15-6-5-7-16(2)22(15)17-10-11-21-20(14-17)18-8-3-4-9-19(18)23-24-12-13-25(21)23/h3,5-8,10-14H,4,9H2,1-2H3. The van der Waals surface area contributed by atoms with E-state index in [0.29, 0.717) is 0 Å². The average Bonchev–Trinajstić information content (AvgIpc) is 3.12. The Morgan fingerprint density at radius 2 is 1.88 bits per heavy atom. The maximum atomic E-state index is 4.62. The summed E-state index contributed by atoms with van der Waals surface area (Å²) in [5.41, 5.74) is 10.3. The van der Waals surface area contributed by atoms with Crippen molar-refractivity contribution in [2.24, 2.45) is 0 Å². The maximum absolute atomic E-state index is 4.62. The number of benzene rings is 2. The van der Waals surface area contributed by atoms with E-state index in [4.69, 9.17) is 0 Å². The van der Waals surface area contributed by atoms with Crippen LogP contribution in [0.3, 0.4) is 0 Å². The molecule has 0 N–H and O–H groups in total. The van der Waals surface area contributed by atoms with Crippen molar-refractivity contribution < 1.29 is 0 Å². The first-order valence-corrected chi connectivity index (χ1v) is 8.89. The molecule has 0 bridgehead atoms. The van der Waals surface area contributed by atoms with Gasteiger partial charge in [-0.15, -0.1) is 0 Å². The van der Waals surface area contributed by atoms with Gasteiger partial charge in [-0.05, 0) is 66.6 Å². The largest absolute Gasteiger partial charge is 0.299 e. The van der Waals surface area contributed by atoms with Crippen molar-refractivity contribution in [3.63, 3.8) is 0 Å². The molecule has 2 aromatic heterocycles. The Kier molecular flexibility index (Phi) is 3.08. The second kappa shape index (κ2) is 5.32. The van der Waals surface area contributed by atoms with Crippen LogP contribution in [0.15, 0.2) is 54.9 Å². The van der Waals surface area contributed by atoms with Crippen LogP contribution < -0.4 is 0 Å². The average molecular weight is 324 g/mol. The summed E-state index contributed by atoms with van der Waals surface area (Å²) in [5, 5.41) is 1.32. The van der Waals surface area contributed by atoms with E-state index in [2.05, 4.69) is 78.0 Å². The van der Waals surface area contributed by atoms with Crippen LogP contribution in [-0.2, 0) is 6.42 Å². The monoisotopic (exact) mass is 324 g/mol. The van der Waals surface area contributed by atoms with Crippen molar-refractivity contribution in [3.05, 3.63) is 77.1 Å². The molecule has 0 fully saturated rings. The molecule has 4 aromatic rings. The molecule has 0 atom stereocenters. The molecule has 2 nitrogen and oxygen atoms in total. The smallest absolute Gasteiger partial charge is 0.141 e. The van der Waals surface area contributed by atoms with Gasteiger partial charge in [0.25, 0.3) is 0 Å². The Hall–Kier alpha value is -2.87. The van der Waals surface area contributed by atoms with Gasteiger partial charge < -0.3 is 0 Å². The number of aromatic nitrogens is 2. The minimum atomic E-state index is 1.07. The van der Waals surface area contributed by atoms with Crippen molar-refractivity contribution in [1.29, 1.82) is 0 Å². The highest BCUT2D eigenvalue weighted by Crippen LogP contribution is 2.35. The summed E-state index contributed by atoms with van der Waals surface area (Å²) >= 11 is 0. The fourth-order valence-corrected chi connectivity index (χ4v) is 4.26. The summed E-state index contributed by atoms with van der Waals surface area (Å²) in [4.78, 5) is 4.62. The SMILES string of the molecule is Cc1cccc(C)c1-c1ccc2c(c1)c1c(c3nccn32)CCC=C1. The van der Waals surface area contributed by atoms with Crippen molar-refractivity contribution >= 4 is 22.6 Å². The predicted octanol–water partition coefficient (Wildman–Crippen LogP) is 5.73. The third kappa shape index (κ3) is 2.07. The lowest BCUT2D eigenvalue weighted by Crippen LogP contribution is -2.02. The molecule has 25 heavy (non-hydrogen) atoms. The number of hydrogen-bond donors (Lipinski definition) is 0. The van der Waals surface area contributed by atoms with Crippen LogP contribution in [0, 0.1) is 13.8 Å². The zero-order valence-corrected chi connectivity index (χ0v) is 14.6. The molecule has 0 spiro atoms. The van der Waals surface area contributed by atoms with Crippen molar-refractivity contribution in [2.75, 3.05) is 0 Å². The van der Waals surface area contributed by atoms with Gasteiger partial charge >= 0.3 is 0 Å². The van der Waals surface area contributed by atoms with Gasteiger partial charge in [-0.25, -0.2) is 4.98 Å². The van der Waals surface area contributed by atoms with Gasteiger partial charge in [-0.3, -0.25) is 4.40 Å². The van der Waals surface area contributed by atoms with Crippen LogP contribution in [0.2, 0.25) is 0 Å². The first-order valence-electron chi connectivity index (χ1n) is 8.89. The van der Waals surface area contributed by atoms with Crippen LogP contribution in [0.4, 0.5) is 0 Å². The van der Waals surface area contributed by atoms with E-state index in [1.807, 2.05) is 6.20 Å². The minimum Gasteiger partial charge on any atom is -0.299 e. The van der Waals surface area contributed by atoms with Crippen LogP contribution >= 0.6 is 0 Å². The zero-order chi connectivity index (χ0) is 17.0. The maximum Gasteiger partial charge on any atom is 0.141 e. The molecule has 1 aliphatic carbocycles. The fraction of sp³-hybridized carbons (Fsp3) is 0.174. The van der Waals surface area contributed by atoms with Crippen molar-refractivity contribution in [1.82, 2.24) is 9.38 Å². The minimum absolute atomic E-state index is 1.07. The summed E-state index contributed by atoms with van der Waals surface area (Å²) in [5.74, 6) is 0. The summed E-state index contributed by atoms with van der Waals surface area (Å²) in [6.45, 7) is 4.39. The van der Waals surface area contributed by atoms with E-state index >= 15 is 0 Å². The third-order valence-corrected chi connectivity index (χ3v) is 5.40. The number of aryl methyl sites for hydroxylation is 3. The van der Waals surface area contributed by atoms with Crippen LogP contribution in [0.5, 0.6) is 0 Å². The number of imidazole rings is 1. The Bertz CT molecular complexity index is 1140. The number of rotatable bonds is 1. The Labute approximate surface area is 147 Å². The molecule has 0 aliphatic heterocycles. The molecule has 0 radical (unpaired) electrons. The highest BCUT2D eigenvalue weighted by Gasteiger charge is 2.16. The third-order valence-electron chi connectivity index (χ3n) is 5.40. The molecule has 1 aliphatic rings. The van der Waals surface area contributed by atoms with Gasteiger partial charge in [-0.2, -0.15) is 0 Å². The van der Waals surface area contributed by atoms with E-state index in [-0.39, 0.29) is 0 Å². The predicted molar refractivity (Wildman–Crippen MR) is 105 cm³/mol. The van der Waals surface area contributed by atoms with Gasteiger partial charge in [0.15, 0.2) is 0 Å². The van der Waals surface area contributed by atoms with Gasteiger partial charge in [0.1, 0.15) is 5.65 Å². The second-order valence-electron chi connectivity index (χ2n) is 6.95. The lowest BCUT2D eigenvalue weighted by atomic mass is 9.91. The lowest BCUT2D eigenvalue weighted by Gasteiger charge is -2.17. The van der Waals surface area contributed by atoms with Crippen LogP contribution in [0.25, 0.3) is 33.8 Å². The van der Waals surface area contributed by atoms with Gasteiger partial charge in [0.2, 0.25) is 0 Å². The quantitative estimate of drug-likeness (QED) is 0.437. The number of fused-ring (bicyclic) bond motifs is 6. The molecule has 2 heteroatoms. The highest BCUT2D eigenvalue weighted by atomic mass is 15.0.